The summed E-state index contributed by atoms with van der Waals surface area (Å²) in [5.74, 6) is -0.152. The maximum Gasteiger partial charge on any atom is 0.270 e. The average Bonchev–Trinajstić information content (AvgIpc) is 2.85. The second-order valence-electron chi connectivity index (χ2n) is 7.81. The summed E-state index contributed by atoms with van der Waals surface area (Å²) >= 11 is 0. The second kappa shape index (κ2) is 9.89. The minimum Gasteiger partial charge on any atom is -0.356 e. The molecule has 3 aromatic rings. The number of pyridine rings is 1. The predicted octanol–water partition coefficient (Wildman–Crippen LogP) is 4.04. The number of morpholine rings is 1. The van der Waals surface area contributed by atoms with Gasteiger partial charge in [0.1, 0.15) is 6.23 Å². The number of non-ortho nitro benzene ring substituents is 1. The Kier molecular flexibility index (Phi) is 6.76. The first-order chi connectivity index (χ1) is 16.0. The number of hydrogen-bond donors (Lipinski definition) is 1. The van der Waals surface area contributed by atoms with Crippen molar-refractivity contribution in [2.45, 2.75) is 20.1 Å². The van der Waals surface area contributed by atoms with Gasteiger partial charge in [-0.25, -0.2) is 0 Å². The van der Waals surface area contributed by atoms with Crippen molar-refractivity contribution in [3.8, 4) is 22.4 Å². The van der Waals surface area contributed by atoms with Crippen LogP contribution in [0.1, 0.15) is 23.0 Å². The molecule has 33 heavy (non-hydrogen) atoms. The van der Waals surface area contributed by atoms with E-state index in [2.05, 4.69) is 10.3 Å². The van der Waals surface area contributed by atoms with Crippen molar-refractivity contribution in [2.75, 3.05) is 26.2 Å². The monoisotopic (exact) mass is 446 g/mol. The third kappa shape index (κ3) is 4.76. The molecule has 1 atom stereocenters. The zero-order chi connectivity index (χ0) is 23.4. The van der Waals surface area contributed by atoms with Crippen LogP contribution in [0.3, 0.4) is 0 Å². The van der Waals surface area contributed by atoms with Crippen molar-refractivity contribution in [1.82, 2.24) is 15.2 Å². The number of aryl methyl sites for hydroxylation is 1. The molecule has 0 bridgehead atoms. The van der Waals surface area contributed by atoms with Gasteiger partial charge in [0.25, 0.3) is 11.6 Å². The van der Waals surface area contributed by atoms with Gasteiger partial charge in [0.15, 0.2) is 0 Å². The van der Waals surface area contributed by atoms with E-state index in [0.29, 0.717) is 42.2 Å². The Balaban J connectivity index is 1.84. The van der Waals surface area contributed by atoms with E-state index >= 15 is 0 Å². The number of benzene rings is 2. The van der Waals surface area contributed by atoms with Crippen molar-refractivity contribution >= 4 is 11.6 Å². The van der Waals surface area contributed by atoms with Gasteiger partial charge in [-0.05, 0) is 31.0 Å². The molecule has 8 nitrogen and oxygen atoms in total. The zero-order valence-electron chi connectivity index (χ0n) is 18.7. The number of carbonyl (C=O) groups is 1. The number of hydrogen-bond acceptors (Lipinski definition) is 6. The fourth-order valence-corrected chi connectivity index (χ4v) is 4.09. The van der Waals surface area contributed by atoms with E-state index in [-0.39, 0.29) is 17.8 Å². The van der Waals surface area contributed by atoms with E-state index in [1.54, 1.807) is 24.0 Å². The number of ether oxygens (including phenoxy) is 1. The summed E-state index contributed by atoms with van der Waals surface area (Å²) in [5.41, 5.74) is 3.86. The molecule has 0 spiro atoms. The van der Waals surface area contributed by atoms with E-state index in [1.165, 1.54) is 12.1 Å². The Morgan fingerprint density at radius 1 is 1.18 bits per heavy atom. The van der Waals surface area contributed by atoms with Crippen LogP contribution in [-0.4, -0.2) is 53.2 Å². The highest BCUT2D eigenvalue weighted by Gasteiger charge is 2.29. The van der Waals surface area contributed by atoms with Crippen LogP contribution in [0.5, 0.6) is 0 Å². The lowest BCUT2D eigenvalue weighted by molar-refractivity contribution is -0.384. The van der Waals surface area contributed by atoms with Gasteiger partial charge in [-0.1, -0.05) is 42.5 Å². The van der Waals surface area contributed by atoms with Gasteiger partial charge >= 0.3 is 0 Å². The smallest absolute Gasteiger partial charge is 0.270 e. The summed E-state index contributed by atoms with van der Waals surface area (Å²) in [5, 5.41) is 14.5. The second-order valence-corrected chi connectivity index (χ2v) is 7.81. The van der Waals surface area contributed by atoms with Crippen LogP contribution >= 0.6 is 0 Å². The van der Waals surface area contributed by atoms with Crippen LogP contribution in [0.15, 0.2) is 60.7 Å². The summed E-state index contributed by atoms with van der Waals surface area (Å²) in [4.78, 5) is 31.0. The largest absolute Gasteiger partial charge is 0.356 e. The number of rotatable bonds is 6. The molecule has 4 rings (SSSR count). The number of aromatic nitrogens is 1. The van der Waals surface area contributed by atoms with Gasteiger partial charge < -0.3 is 15.0 Å². The number of likely N-dealkylation sites (N-methyl/N-ethyl adjacent to an activating group) is 1. The summed E-state index contributed by atoms with van der Waals surface area (Å²) in [6.07, 6.45) is -0.351. The fraction of sp³-hybridized carbons (Fsp3) is 0.280. The molecule has 2 aromatic carbocycles. The molecule has 1 unspecified atom stereocenters. The van der Waals surface area contributed by atoms with Gasteiger partial charge in [0.2, 0.25) is 0 Å². The summed E-state index contributed by atoms with van der Waals surface area (Å²) < 4.78 is 5.85. The molecule has 1 aliphatic rings. The molecule has 1 aromatic heterocycles. The Morgan fingerprint density at radius 3 is 2.61 bits per heavy atom. The van der Waals surface area contributed by atoms with Crippen molar-refractivity contribution in [3.63, 3.8) is 0 Å². The molecule has 0 saturated carbocycles. The number of amides is 1. The van der Waals surface area contributed by atoms with Crippen LogP contribution in [0.25, 0.3) is 22.4 Å². The van der Waals surface area contributed by atoms with Crippen LogP contribution in [0, 0.1) is 17.0 Å². The highest BCUT2D eigenvalue weighted by Crippen LogP contribution is 2.32. The lowest BCUT2D eigenvalue weighted by Crippen LogP contribution is -2.51. The summed E-state index contributed by atoms with van der Waals surface area (Å²) in [7, 11) is 0. The quantitative estimate of drug-likeness (QED) is 0.453. The van der Waals surface area contributed by atoms with Crippen LogP contribution in [0.4, 0.5) is 5.69 Å². The van der Waals surface area contributed by atoms with Gasteiger partial charge in [-0.3, -0.25) is 19.9 Å². The maximum atomic E-state index is 13.8. The lowest BCUT2D eigenvalue weighted by Gasteiger charge is -2.34. The summed E-state index contributed by atoms with van der Waals surface area (Å²) in [6, 6.07) is 17.8. The molecule has 8 heteroatoms. The molecule has 2 heterocycles. The molecule has 1 amide bonds. The molecule has 1 N–H and O–H groups in total. The fourth-order valence-electron chi connectivity index (χ4n) is 4.09. The maximum absolute atomic E-state index is 13.8. The Labute approximate surface area is 192 Å². The first-order valence-electron chi connectivity index (χ1n) is 10.9. The molecule has 1 aliphatic heterocycles. The lowest BCUT2D eigenvalue weighted by atomic mass is 9.95. The third-order valence-corrected chi connectivity index (χ3v) is 5.71. The molecule has 1 saturated heterocycles. The average molecular weight is 447 g/mol. The summed E-state index contributed by atoms with van der Waals surface area (Å²) in [6.45, 7) is 6.09. The zero-order valence-corrected chi connectivity index (χ0v) is 18.7. The normalized spacial score (nSPS) is 15.8. The van der Waals surface area contributed by atoms with Crippen LogP contribution in [0.2, 0.25) is 0 Å². The molecule has 0 aliphatic carbocycles. The first-order valence-corrected chi connectivity index (χ1v) is 10.9. The number of nitro groups is 1. The minimum absolute atomic E-state index is 0.00697. The predicted molar refractivity (Wildman–Crippen MR) is 126 cm³/mol. The number of nitrogens with one attached hydrogen (secondary N) is 1. The number of nitro benzene ring substituents is 1. The van der Waals surface area contributed by atoms with Crippen molar-refractivity contribution in [2.24, 2.45) is 0 Å². The van der Waals surface area contributed by atoms with E-state index in [0.717, 1.165) is 17.7 Å². The molecular weight excluding hydrogens is 420 g/mol. The topological polar surface area (TPSA) is 97.6 Å². The highest BCUT2D eigenvalue weighted by atomic mass is 16.6. The number of carbonyl (C=O) groups excluding carboxylic acids is 1. The Bertz CT molecular complexity index is 1160. The number of nitrogens with zero attached hydrogens (tertiary/aromatic N) is 3. The van der Waals surface area contributed by atoms with E-state index in [4.69, 9.17) is 4.74 Å². The molecular formula is C25H26N4O4. The van der Waals surface area contributed by atoms with E-state index in [9.17, 15) is 14.9 Å². The minimum atomic E-state index is -0.427. The molecule has 0 radical (unpaired) electrons. The van der Waals surface area contributed by atoms with Gasteiger partial charge in [-0.15, -0.1) is 0 Å². The Hall–Kier alpha value is -3.62. The van der Waals surface area contributed by atoms with Crippen molar-refractivity contribution in [1.29, 1.82) is 0 Å². The Morgan fingerprint density at radius 2 is 1.94 bits per heavy atom. The highest BCUT2D eigenvalue weighted by molar-refractivity contribution is 6.02. The van der Waals surface area contributed by atoms with Gasteiger partial charge in [0, 0.05) is 37.3 Å². The van der Waals surface area contributed by atoms with Gasteiger partial charge in [0.05, 0.1) is 28.5 Å². The molecule has 1 fully saturated rings. The standard InChI is InChI=1S/C25H26N4O4/c1-3-28(23-16-26-12-13-33-23)25(30)24-17(2)27-22(15-21(24)18-8-5-4-6-9-18)19-10-7-11-20(14-19)29(31)32/h4-11,14-15,23,26H,3,12-13,16H2,1-2H3. The van der Waals surface area contributed by atoms with E-state index < -0.39 is 4.92 Å². The van der Waals surface area contributed by atoms with Crippen LogP contribution < -0.4 is 5.32 Å². The van der Waals surface area contributed by atoms with Crippen molar-refractivity contribution < 1.29 is 14.5 Å². The third-order valence-electron chi connectivity index (χ3n) is 5.71. The van der Waals surface area contributed by atoms with E-state index in [1.807, 2.05) is 43.3 Å². The first kappa shape index (κ1) is 22.6. The van der Waals surface area contributed by atoms with Crippen LogP contribution in [-0.2, 0) is 4.74 Å². The van der Waals surface area contributed by atoms with Gasteiger partial charge in [-0.2, -0.15) is 0 Å². The molecule has 170 valence electrons. The van der Waals surface area contributed by atoms with Crippen molar-refractivity contribution in [3.05, 3.63) is 82.0 Å². The SMILES string of the molecule is CCN(C(=O)c1c(-c2ccccc2)cc(-c2cccc([N+](=O)[O-])c2)nc1C)C1CNCCO1.